The average Bonchev–Trinajstić information content (AvgIpc) is 2.34. The predicted molar refractivity (Wildman–Crippen MR) is 63.6 cm³/mol. The summed E-state index contributed by atoms with van der Waals surface area (Å²) in [7, 11) is 2.95. The normalized spacial score (nSPS) is 9.88. The van der Waals surface area contributed by atoms with E-state index in [1.54, 1.807) is 6.92 Å². The molecule has 1 amide bonds. The lowest BCUT2D eigenvalue weighted by Crippen LogP contribution is -2.23. The highest BCUT2D eigenvalue weighted by Crippen LogP contribution is 2.35. The van der Waals surface area contributed by atoms with E-state index in [0.717, 1.165) is 0 Å². The third-order valence-corrected chi connectivity index (χ3v) is 2.29. The van der Waals surface area contributed by atoms with Gasteiger partial charge >= 0.3 is 0 Å². The van der Waals surface area contributed by atoms with Crippen LogP contribution in [-0.4, -0.2) is 26.7 Å². The van der Waals surface area contributed by atoms with Gasteiger partial charge in [-0.05, 0) is 19.1 Å². The molecule has 0 aliphatic carbocycles. The SMILES string of the molecule is CCONC(=O)c1cc(Cl)c(OC)c(OC)c1. The Bertz CT molecular complexity index is 409. The van der Waals surface area contributed by atoms with Crippen LogP contribution in [0.15, 0.2) is 12.1 Å². The highest BCUT2D eigenvalue weighted by molar-refractivity contribution is 6.32. The highest BCUT2D eigenvalue weighted by atomic mass is 35.5. The zero-order valence-electron chi connectivity index (χ0n) is 9.87. The van der Waals surface area contributed by atoms with Gasteiger partial charge in [0.15, 0.2) is 11.5 Å². The quantitative estimate of drug-likeness (QED) is 0.822. The summed E-state index contributed by atoms with van der Waals surface area (Å²) < 4.78 is 10.1. The maximum atomic E-state index is 11.6. The molecule has 0 aromatic heterocycles. The molecule has 0 saturated heterocycles. The van der Waals surface area contributed by atoms with Crippen molar-refractivity contribution in [2.75, 3.05) is 20.8 Å². The third kappa shape index (κ3) is 3.25. The first-order valence-electron chi connectivity index (χ1n) is 4.97. The molecule has 0 spiro atoms. The van der Waals surface area contributed by atoms with Crippen LogP contribution in [-0.2, 0) is 4.84 Å². The van der Waals surface area contributed by atoms with Crippen LogP contribution in [0.4, 0.5) is 0 Å². The molecular formula is C11H14ClNO4. The Morgan fingerprint density at radius 2 is 2.06 bits per heavy atom. The van der Waals surface area contributed by atoms with Crippen molar-refractivity contribution in [1.29, 1.82) is 0 Å². The van der Waals surface area contributed by atoms with Crippen LogP contribution >= 0.6 is 11.6 Å². The van der Waals surface area contributed by atoms with Crippen LogP contribution in [0.5, 0.6) is 11.5 Å². The first kappa shape index (κ1) is 13.6. The van der Waals surface area contributed by atoms with E-state index in [4.69, 9.17) is 25.9 Å². The fourth-order valence-electron chi connectivity index (χ4n) is 1.25. The van der Waals surface area contributed by atoms with Crippen LogP contribution in [0.3, 0.4) is 0 Å². The van der Waals surface area contributed by atoms with E-state index in [-0.39, 0.29) is 0 Å². The summed E-state index contributed by atoms with van der Waals surface area (Å²) >= 11 is 5.97. The Morgan fingerprint density at radius 3 is 2.59 bits per heavy atom. The number of amides is 1. The van der Waals surface area contributed by atoms with E-state index in [1.165, 1.54) is 26.4 Å². The summed E-state index contributed by atoms with van der Waals surface area (Å²) in [5.74, 6) is 0.387. The van der Waals surface area contributed by atoms with Gasteiger partial charge in [-0.3, -0.25) is 9.63 Å². The van der Waals surface area contributed by atoms with Gasteiger partial charge < -0.3 is 9.47 Å². The lowest BCUT2D eigenvalue weighted by Gasteiger charge is -2.11. The van der Waals surface area contributed by atoms with Crippen molar-refractivity contribution in [1.82, 2.24) is 5.48 Å². The summed E-state index contributed by atoms with van der Waals surface area (Å²) in [4.78, 5) is 16.4. The molecule has 1 rings (SSSR count). The van der Waals surface area contributed by atoms with Gasteiger partial charge in [0.25, 0.3) is 5.91 Å². The average molecular weight is 260 g/mol. The van der Waals surface area contributed by atoms with E-state index in [1.807, 2.05) is 0 Å². The topological polar surface area (TPSA) is 56.8 Å². The number of rotatable bonds is 5. The van der Waals surface area contributed by atoms with Crippen LogP contribution in [0.2, 0.25) is 5.02 Å². The fraction of sp³-hybridized carbons (Fsp3) is 0.364. The summed E-state index contributed by atoms with van der Waals surface area (Å²) in [6.45, 7) is 2.15. The number of ether oxygens (including phenoxy) is 2. The van der Waals surface area contributed by atoms with Crippen molar-refractivity contribution in [3.63, 3.8) is 0 Å². The van der Waals surface area contributed by atoms with E-state index >= 15 is 0 Å². The third-order valence-electron chi connectivity index (χ3n) is 2.00. The maximum Gasteiger partial charge on any atom is 0.275 e. The summed E-state index contributed by atoms with van der Waals surface area (Å²) in [6.07, 6.45) is 0. The molecule has 0 aliphatic rings. The minimum atomic E-state index is -0.394. The molecule has 1 aromatic rings. The molecule has 5 nitrogen and oxygen atoms in total. The van der Waals surface area contributed by atoms with Gasteiger partial charge in [0.05, 0.1) is 25.8 Å². The van der Waals surface area contributed by atoms with E-state index in [2.05, 4.69) is 5.48 Å². The number of nitrogens with one attached hydrogen (secondary N) is 1. The Hall–Kier alpha value is -1.46. The number of methoxy groups -OCH3 is 2. The highest BCUT2D eigenvalue weighted by Gasteiger charge is 2.14. The van der Waals surface area contributed by atoms with E-state index < -0.39 is 5.91 Å². The second-order valence-corrected chi connectivity index (χ2v) is 3.46. The number of carbonyl (C=O) groups is 1. The van der Waals surface area contributed by atoms with Crippen molar-refractivity contribution in [3.05, 3.63) is 22.7 Å². The summed E-state index contributed by atoms with van der Waals surface area (Å²) in [5.41, 5.74) is 2.61. The molecule has 0 bridgehead atoms. The zero-order valence-corrected chi connectivity index (χ0v) is 10.6. The lowest BCUT2D eigenvalue weighted by atomic mass is 10.2. The van der Waals surface area contributed by atoms with Gasteiger partial charge in [0, 0.05) is 5.56 Å². The molecule has 0 saturated carbocycles. The number of carbonyl (C=O) groups excluding carboxylic acids is 1. The van der Waals surface area contributed by atoms with Crippen molar-refractivity contribution in [2.24, 2.45) is 0 Å². The molecule has 1 N–H and O–H groups in total. The standard InChI is InChI=1S/C11H14ClNO4/c1-4-17-13-11(14)7-5-8(12)10(16-3)9(6-7)15-2/h5-6H,4H2,1-3H3,(H,13,14). The Balaban J connectivity index is 3.02. The minimum Gasteiger partial charge on any atom is -0.493 e. The van der Waals surface area contributed by atoms with Gasteiger partial charge in [0.1, 0.15) is 0 Å². The Kier molecular flexibility index (Phi) is 5.06. The smallest absolute Gasteiger partial charge is 0.275 e. The molecule has 1 aromatic carbocycles. The van der Waals surface area contributed by atoms with Crippen LogP contribution < -0.4 is 15.0 Å². The van der Waals surface area contributed by atoms with E-state index in [0.29, 0.717) is 28.7 Å². The summed E-state index contributed by atoms with van der Waals surface area (Å²) in [6, 6.07) is 3.01. The van der Waals surface area contributed by atoms with Gasteiger partial charge in [-0.25, -0.2) is 5.48 Å². The monoisotopic (exact) mass is 259 g/mol. The zero-order chi connectivity index (χ0) is 12.8. The molecule has 17 heavy (non-hydrogen) atoms. The Morgan fingerprint density at radius 1 is 1.35 bits per heavy atom. The minimum absolute atomic E-state index is 0.300. The maximum absolute atomic E-state index is 11.6. The summed E-state index contributed by atoms with van der Waals surface area (Å²) in [5, 5.41) is 0.300. The molecule has 0 unspecified atom stereocenters. The van der Waals surface area contributed by atoms with Crippen LogP contribution in [0.1, 0.15) is 17.3 Å². The lowest BCUT2D eigenvalue weighted by molar-refractivity contribution is 0.0364. The van der Waals surface area contributed by atoms with Gasteiger partial charge in [0.2, 0.25) is 0 Å². The number of hydrogen-bond acceptors (Lipinski definition) is 4. The van der Waals surface area contributed by atoms with Crippen LogP contribution in [0.25, 0.3) is 0 Å². The molecule has 0 atom stereocenters. The second-order valence-electron chi connectivity index (χ2n) is 3.06. The first-order valence-corrected chi connectivity index (χ1v) is 5.35. The number of halogens is 1. The van der Waals surface area contributed by atoms with Gasteiger partial charge in [-0.1, -0.05) is 11.6 Å². The number of benzene rings is 1. The fourth-order valence-corrected chi connectivity index (χ4v) is 1.53. The first-order chi connectivity index (χ1) is 8.13. The molecule has 0 fully saturated rings. The van der Waals surface area contributed by atoms with Crippen molar-refractivity contribution >= 4 is 17.5 Å². The van der Waals surface area contributed by atoms with Crippen molar-refractivity contribution in [2.45, 2.75) is 6.92 Å². The number of hydroxylamine groups is 1. The van der Waals surface area contributed by atoms with Crippen molar-refractivity contribution < 1.29 is 19.1 Å². The number of hydrogen-bond donors (Lipinski definition) is 1. The van der Waals surface area contributed by atoms with E-state index in [9.17, 15) is 4.79 Å². The molecule has 0 radical (unpaired) electrons. The largest absolute Gasteiger partial charge is 0.493 e. The van der Waals surface area contributed by atoms with Gasteiger partial charge in [-0.15, -0.1) is 0 Å². The Labute approximate surface area is 105 Å². The van der Waals surface area contributed by atoms with Crippen molar-refractivity contribution in [3.8, 4) is 11.5 Å². The molecule has 6 heteroatoms. The van der Waals surface area contributed by atoms with Crippen LogP contribution in [0, 0.1) is 0 Å². The second kappa shape index (κ2) is 6.32. The predicted octanol–water partition coefficient (Wildman–Crippen LogP) is 2.04. The molecular weight excluding hydrogens is 246 g/mol. The van der Waals surface area contributed by atoms with Gasteiger partial charge in [-0.2, -0.15) is 0 Å². The molecule has 0 heterocycles. The molecule has 94 valence electrons. The molecule has 0 aliphatic heterocycles.